The zero-order valence-electron chi connectivity index (χ0n) is 15.2. The van der Waals surface area contributed by atoms with Crippen molar-refractivity contribution in [1.29, 1.82) is 0 Å². The number of nitrogens with one attached hydrogen (secondary N) is 2. The number of rotatable bonds is 6. The van der Waals surface area contributed by atoms with Crippen LogP contribution in [0.4, 0.5) is 4.39 Å². The first-order valence-electron chi connectivity index (χ1n) is 8.41. The van der Waals surface area contributed by atoms with Crippen molar-refractivity contribution >= 4 is 41.5 Å². The van der Waals surface area contributed by atoms with E-state index in [1.807, 2.05) is 6.92 Å². The van der Waals surface area contributed by atoms with Crippen LogP contribution in [0.25, 0.3) is 0 Å². The zero-order chi connectivity index (χ0) is 18.2. The third kappa shape index (κ3) is 6.37. The number of halogens is 3. The van der Waals surface area contributed by atoms with Gasteiger partial charge in [0.2, 0.25) is 0 Å². The first-order valence-corrected chi connectivity index (χ1v) is 8.79. The van der Waals surface area contributed by atoms with Gasteiger partial charge in [0.15, 0.2) is 5.96 Å². The van der Waals surface area contributed by atoms with Crippen molar-refractivity contribution in [3.63, 3.8) is 0 Å². The Labute approximate surface area is 177 Å². The minimum Gasteiger partial charge on any atom is -0.376 e. The lowest BCUT2D eigenvalue weighted by Crippen LogP contribution is -2.48. The summed E-state index contributed by atoms with van der Waals surface area (Å²) in [4.78, 5) is 6.37. The Bertz CT molecular complexity index is 597. The van der Waals surface area contributed by atoms with Crippen LogP contribution in [0.5, 0.6) is 0 Å². The molecule has 0 aliphatic carbocycles. The molecule has 1 saturated heterocycles. The number of nitrogens with zero attached hydrogens (tertiary/aromatic N) is 2. The fourth-order valence-corrected chi connectivity index (χ4v) is 3.24. The second kappa shape index (κ2) is 11.7. The lowest BCUT2D eigenvalue weighted by atomic mass is 10.0. The lowest BCUT2D eigenvalue weighted by Gasteiger charge is -2.38. The van der Waals surface area contributed by atoms with Crippen LogP contribution in [-0.4, -0.2) is 56.8 Å². The predicted molar refractivity (Wildman–Crippen MR) is 116 cm³/mol. The maximum atomic E-state index is 14.5. The van der Waals surface area contributed by atoms with Gasteiger partial charge in [-0.1, -0.05) is 23.7 Å². The monoisotopic (exact) mass is 496 g/mol. The minimum absolute atomic E-state index is 0. The molecule has 1 fully saturated rings. The molecule has 2 atom stereocenters. The van der Waals surface area contributed by atoms with Gasteiger partial charge in [0.05, 0.1) is 18.8 Å². The number of ether oxygens (including phenoxy) is 1. The molecular formula is C18H27ClFIN4O. The van der Waals surface area contributed by atoms with Crippen LogP contribution >= 0.6 is 35.6 Å². The SMILES string of the molecule is C=CCNC(=NC)NCC(c1c(F)cccc1Cl)N1CCOC(C)C1.I. The summed E-state index contributed by atoms with van der Waals surface area (Å²) in [6.45, 7) is 8.83. The van der Waals surface area contributed by atoms with Crippen molar-refractivity contribution in [3.05, 3.63) is 47.3 Å². The van der Waals surface area contributed by atoms with Gasteiger partial charge in [-0.25, -0.2) is 4.39 Å². The standard InChI is InChI=1S/C18H26ClFN4O.HI/c1-4-8-22-18(21-3)23-11-16(24-9-10-25-13(2)12-24)17-14(19)6-5-7-15(17)20;/h4-7,13,16H,1,8-12H2,2-3H3,(H2,21,22,23);1H. The first-order chi connectivity index (χ1) is 12.1. The Hall–Kier alpha value is -0.900. The highest BCUT2D eigenvalue weighted by atomic mass is 127. The highest BCUT2D eigenvalue weighted by molar-refractivity contribution is 14.0. The van der Waals surface area contributed by atoms with Crippen LogP contribution in [0.15, 0.2) is 35.8 Å². The third-order valence-electron chi connectivity index (χ3n) is 4.15. The van der Waals surface area contributed by atoms with E-state index in [-0.39, 0.29) is 41.9 Å². The van der Waals surface area contributed by atoms with Gasteiger partial charge in [-0.2, -0.15) is 0 Å². The highest BCUT2D eigenvalue weighted by Crippen LogP contribution is 2.30. The number of aliphatic imine (C=N–C) groups is 1. The third-order valence-corrected chi connectivity index (χ3v) is 4.48. The summed E-state index contributed by atoms with van der Waals surface area (Å²) in [5.41, 5.74) is 0.505. The summed E-state index contributed by atoms with van der Waals surface area (Å²) in [6.07, 6.45) is 1.85. The smallest absolute Gasteiger partial charge is 0.191 e. The summed E-state index contributed by atoms with van der Waals surface area (Å²) in [6, 6.07) is 4.57. The summed E-state index contributed by atoms with van der Waals surface area (Å²) >= 11 is 6.33. The topological polar surface area (TPSA) is 48.9 Å². The van der Waals surface area contributed by atoms with Crippen LogP contribution < -0.4 is 10.6 Å². The molecule has 5 nitrogen and oxygen atoms in total. The molecule has 2 rings (SSSR count). The number of hydrogen-bond donors (Lipinski definition) is 2. The van der Waals surface area contributed by atoms with E-state index in [2.05, 4.69) is 27.1 Å². The molecule has 146 valence electrons. The molecule has 0 saturated carbocycles. The van der Waals surface area contributed by atoms with Crippen LogP contribution in [0.3, 0.4) is 0 Å². The molecule has 0 aromatic heterocycles. The molecule has 1 aromatic rings. The van der Waals surface area contributed by atoms with Gasteiger partial charge in [0.25, 0.3) is 0 Å². The summed E-state index contributed by atoms with van der Waals surface area (Å²) in [7, 11) is 1.69. The van der Waals surface area contributed by atoms with E-state index in [1.165, 1.54) is 6.07 Å². The molecule has 0 bridgehead atoms. The molecule has 1 aliphatic heterocycles. The first kappa shape index (κ1) is 23.1. The fraction of sp³-hybridized carbons (Fsp3) is 0.500. The Morgan fingerprint density at radius 3 is 2.92 bits per heavy atom. The second-order valence-corrected chi connectivity index (χ2v) is 6.36. The molecule has 26 heavy (non-hydrogen) atoms. The van der Waals surface area contributed by atoms with Gasteiger partial charge in [-0.3, -0.25) is 9.89 Å². The van der Waals surface area contributed by atoms with Crippen LogP contribution in [0.2, 0.25) is 5.02 Å². The van der Waals surface area contributed by atoms with Gasteiger partial charge in [-0.15, -0.1) is 30.6 Å². The quantitative estimate of drug-likeness (QED) is 0.275. The average molecular weight is 497 g/mol. The molecule has 1 aromatic carbocycles. The number of hydrogen-bond acceptors (Lipinski definition) is 3. The van der Waals surface area contributed by atoms with Crippen molar-refractivity contribution < 1.29 is 9.13 Å². The fourth-order valence-electron chi connectivity index (χ4n) is 2.95. The number of morpholine rings is 1. The Kier molecular flexibility index (Phi) is 10.4. The van der Waals surface area contributed by atoms with E-state index >= 15 is 0 Å². The van der Waals surface area contributed by atoms with Crippen molar-refractivity contribution in [3.8, 4) is 0 Å². The largest absolute Gasteiger partial charge is 0.376 e. The molecule has 0 spiro atoms. The number of benzene rings is 1. The van der Waals surface area contributed by atoms with E-state index in [4.69, 9.17) is 16.3 Å². The van der Waals surface area contributed by atoms with Crippen molar-refractivity contribution in [2.75, 3.05) is 39.8 Å². The molecule has 2 unspecified atom stereocenters. The van der Waals surface area contributed by atoms with Gasteiger partial charge >= 0.3 is 0 Å². The van der Waals surface area contributed by atoms with E-state index < -0.39 is 0 Å². The Morgan fingerprint density at radius 1 is 1.54 bits per heavy atom. The zero-order valence-corrected chi connectivity index (χ0v) is 18.3. The van der Waals surface area contributed by atoms with E-state index in [1.54, 1.807) is 25.3 Å². The summed E-state index contributed by atoms with van der Waals surface area (Å²) in [5, 5.41) is 6.80. The Balaban J connectivity index is 0.00000338. The molecule has 8 heteroatoms. The predicted octanol–water partition coefficient (Wildman–Crippen LogP) is 3.21. The molecule has 1 heterocycles. The number of guanidine groups is 1. The van der Waals surface area contributed by atoms with E-state index in [0.717, 1.165) is 13.1 Å². The van der Waals surface area contributed by atoms with Gasteiger partial charge in [-0.05, 0) is 19.1 Å². The molecule has 1 aliphatic rings. The normalized spacial score (nSPS) is 19.4. The van der Waals surface area contributed by atoms with E-state index in [9.17, 15) is 4.39 Å². The maximum Gasteiger partial charge on any atom is 0.191 e. The average Bonchev–Trinajstić information content (AvgIpc) is 2.59. The minimum atomic E-state index is -0.299. The van der Waals surface area contributed by atoms with Crippen LogP contribution in [0.1, 0.15) is 18.5 Å². The van der Waals surface area contributed by atoms with Crippen molar-refractivity contribution in [2.24, 2.45) is 4.99 Å². The molecule has 0 radical (unpaired) electrons. The van der Waals surface area contributed by atoms with Crippen molar-refractivity contribution in [1.82, 2.24) is 15.5 Å². The highest BCUT2D eigenvalue weighted by Gasteiger charge is 2.29. The lowest BCUT2D eigenvalue weighted by molar-refractivity contribution is -0.0343. The maximum absolute atomic E-state index is 14.5. The molecule has 2 N–H and O–H groups in total. The summed E-state index contributed by atoms with van der Waals surface area (Å²) < 4.78 is 20.2. The van der Waals surface area contributed by atoms with Gasteiger partial charge in [0, 0.05) is 43.8 Å². The Morgan fingerprint density at radius 2 is 2.31 bits per heavy atom. The van der Waals surface area contributed by atoms with Crippen molar-refractivity contribution in [2.45, 2.75) is 19.1 Å². The van der Waals surface area contributed by atoms with Crippen LogP contribution in [-0.2, 0) is 4.74 Å². The summed E-state index contributed by atoms with van der Waals surface area (Å²) in [5.74, 6) is 0.339. The second-order valence-electron chi connectivity index (χ2n) is 5.95. The van der Waals surface area contributed by atoms with Gasteiger partial charge < -0.3 is 15.4 Å². The molecule has 0 amide bonds. The van der Waals surface area contributed by atoms with Gasteiger partial charge in [0.1, 0.15) is 5.82 Å². The van der Waals surface area contributed by atoms with Crippen LogP contribution in [0, 0.1) is 5.82 Å². The van der Waals surface area contributed by atoms with E-state index in [0.29, 0.717) is 36.2 Å². The molecular weight excluding hydrogens is 470 g/mol.